The first-order valence-corrected chi connectivity index (χ1v) is 8.51. The maximum atomic E-state index is 11.8. The van der Waals surface area contributed by atoms with Crippen LogP contribution >= 0.6 is 12.2 Å². The molecule has 0 amide bonds. The zero-order valence-electron chi connectivity index (χ0n) is 13.1. The van der Waals surface area contributed by atoms with Gasteiger partial charge in [-0.05, 0) is 55.4 Å². The Balaban J connectivity index is 2.02. The van der Waals surface area contributed by atoms with Gasteiger partial charge in [-0.15, -0.1) is 0 Å². The highest BCUT2D eigenvalue weighted by atomic mass is 32.1. The Labute approximate surface area is 137 Å². The highest BCUT2D eigenvalue weighted by molar-refractivity contribution is 7.80. The van der Waals surface area contributed by atoms with Crippen LogP contribution in [-0.2, 0) is 16.0 Å². The molecule has 0 heterocycles. The first-order chi connectivity index (χ1) is 10.6. The second kappa shape index (κ2) is 8.28. The molecule has 120 valence electrons. The third-order valence-corrected chi connectivity index (χ3v) is 4.65. The molecule has 1 N–H and O–H groups in total. The maximum Gasteiger partial charge on any atom is 0.317 e. The van der Waals surface area contributed by atoms with Crippen LogP contribution in [0.15, 0.2) is 24.3 Å². The van der Waals surface area contributed by atoms with E-state index < -0.39 is 11.9 Å². The molecule has 2 rings (SSSR count). The zero-order valence-corrected chi connectivity index (χ0v) is 13.9. The van der Waals surface area contributed by atoms with Crippen molar-refractivity contribution in [3.05, 3.63) is 35.4 Å². The number of thiocarbonyl (C=S) groups is 1. The van der Waals surface area contributed by atoms with Gasteiger partial charge in [0.25, 0.3) is 0 Å². The number of aliphatic hydroxyl groups excluding tert-OH is 1. The van der Waals surface area contributed by atoms with E-state index in [1.165, 1.54) is 37.7 Å². The number of rotatable bonds is 6. The van der Waals surface area contributed by atoms with Crippen LogP contribution in [0, 0.1) is 5.92 Å². The number of carbonyl (C=O) groups is 1. The molecular formula is C18H24O3S. The molecule has 1 aliphatic carbocycles. The predicted octanol–water partition coefficient (Wildman–Crippen LogP) is 4.34. The van der Waals surface area contributed by atoms with Crippen molar-refractivity contribution in [2.24, 2.45) is 5.92 Å². The van der Waals surface area contributed by atoms with E-state index in [4.69, 9.17) is 17.0 Å². The number of aliphatic hydroxyl groups is 1. The summed E-state index contributed by atoms with van der Waals surface area (Å²) in [5, 5.41) is 9.26. The van der Waals surface area contributed by atoms with Crippen molar-refractivity contribution in [2.75, 3.05) is 6.61 Å². The summed E-state index contributed by atoms with van der Waals surface area (Å²) in [6.07, 6.45) is 6.91. The minimum absolute atomic E-state index is 0.290. The molecule has 0 radical (unpaired) electrons. The van der Waals surface area contributed by atoms with Gasteiger partial charge in [-0.2, -0.15) is 0 Å². The van der Waals surface area contributed by atoms with Crippen LogP contribution in [0.2, 0.25) is 0 Å². The molecule has 4 heteroatoms. The fourth-order valence-electron chi connectivity index (χ4n) is 3.11. The number of carbonyl (C=O) groups excluding carboxylic acids is 1. The van der Waals surface area contributed by atoms with Crippen LogP contribution in [0.5, 0.6) is 0 Å². The molecule has 1 aromatic carbocycles. The van der Waals surface area contributed by atoms with Crippen LogP contribution < -0.4 is 0 Å². The third kappa shape index (κ3) is 4.54. The number of hydrogen-bond donors (Lipinski definition) is 1. The van der Waals surface area contributed by atoms with Crippen LogP contribution in [0.1, 0.15) is 56.1 Å². The second-order valence-electron chi connectivity index (χ2n) is 5.92. The molecular weight excluding hydrogens is 296 g/mol. The van der Waals surface area contributed by atoms with E-state index in [2.05, 4.69) is 12.1 Å². The Morgan fingerprint density at radius 1 is 1.27 bits per heavy atom. The summed E-state index contributed by atoms with van der Waals surface area (Å²) >= 11 is 4.79. The van der Waals surface area contributed by atoms with Crippen LogP contribution in [0.3, 0.4) is 0 Å². The van der Waals surface area contributed by atoms with Gasteiger partial charge < -0.3 is 9.84 Å². The summed E-state index contributed by atoms with van der Waals surface area (Å²) in [5.41, 5.74) is 2.37. The van der Waals surface area contributed by atoms with Crippen molar-refractivity contribution in [3.8, 4) is 0 Å². The Bertz CT molecular complexity index is 504. The van der Waals surface area contributed by atoms with Gasteiger partial charge in [0.2, 0.25) is 0 Å². The Morgan fingerprint density at radius 2 is 1.91 bits per heavy atom. The van der Waals surface area contributed by atoms with Crippen LogP contribution in [-0.4, -0.2) is 22.7 Å². The molecule has 1 saturated carbocycles. The van der Waals surface area contributed by atoms with E-state index in [9.17, 15) is 9.90 Å². The monoisotopic (exact) mass is 320 g/mol. The first-order valence-electron chi connectivity index (χ1n) is 8.10. The molecule has 3 nitrogen and oxygen atoms in total. The molecule has 22 heavy (non-hydrogen) atoms. The van der Waals surface area contributed by atoms with E-state index in [0.717, 1.165) is 5.56 Å². The molecule has 1 atom stereocenters. The minimum Gasteiger partial charge on any atom is -0.501 e. The molecule has 0 aliphatic heterocycles. The molecule has 1 unspecified atom stereocenters. The van der Waals surface area contributed by atoms with Gasteiger partial charge in [0.15, 0.2) is 5.05 Å². The second-order valence-corrected chi connectivity index (χ2v) is 6.34. The molecule has 0 saturated heterocycles. The van der Waals surface area contributed by atoms with E-state index in [-0.39, 0.29) is 5.05 Å². The van der Waals surface area contributed by atoms with Crippen molar-refractivity contribution >= 4 is 23.2 Å². The van der Waals surface area contributed by atoms with Gasteiger partial charge >= 0.3 is 5.97 Å². The lowest BCUT2D eigenvalue weighted by Crippen LogP contribution is -2.26. The summed E-state index contributed by atoms with van der Waals surface area (Å²) in [7, 11) is 0. The Morgan fingerprint density at radius 3 is 2.45 bits per heavy atom. The molecule has 1 fully saturated rings. The van der Waals surface area contributed by atoms with E-state index in [1.54, 1.807) is 6.92 Å². The van der Waals surface area contributed by atoms with Crippen molar-refractivity contribution in [2.45, 2.75) is 51.4 Å². The molecule has 0 aromatic heterocycles. The van der Waals surface area contributed by atoms with Gasteiger partial charge in [-0.3, -0.25) is 4.79 Å². The normalized spacial score (nSPS) is 17.0. The quantitative estimate of drug-likeness (QED) is 0.625. The van der Waals surface area contributed by atoms with Gasteiger partial charge in [0, 0.05) is 0 Å². The summed E-state index contributed by atoms with van der Waals surface area (Å²) in [5.74, 6) is -0.538. The summed E-state index contributed by atoms with van der Waals surface area (Å²) in [6, 6.07) is 8.37. The fourth-order valence-corrected chi connectivity index (χ4v) is 3.29. The number of ether oxygens (including phenoxy) is 1. The predicted molar refractivity (Wildman–Crippen MR) is 91.3 cm³/mol. The van der Waals surface area contributed by atoms with Crippen molar-refractivity contribution in [3.63, 3.8) is 0 Å². The first kappa shape index (κ1) is 16.9. The van der Waals surface area contributed by atoms with Gasteiger partial charge in [-0.25, -0.2) is 0 Å². The summed E-state index contributed by atoms with van der Waals surface area (Å²) in [6.45, 7) is 2.03. The highest BCUT2D eigenvalue weighted by Gasteiger charge is 2.25. The van der Waals surface area contributed by atoms with Crippen molar-refractivity contribution in [1.82, 2.24) is 0 Å². The SMILES string of the molecule is CCOC(=O)C(Cc1ccc(C2CCCCC2)cc1)C(O)=S. The fraction of sp³-hybridized carbons (Fsp3) is 0.556. The van der Waals surface area contributed by atoms with Crippen molar-refractivity contribution < 1.29 is 14.6 Å². The van der Waals surface area contributed by atoms with Crippen LogP contribution in [0.4, 0.5) is 0 Å². The number of esters is 1. The average Bonchev–Trinajstić information content (AvgIpc) is 2.54. The molecule has 0 spiro atoms. The minimum atomic E-state index is -0.754. The lowest BCUT2D eigenvalue weighted by Gasteiger charge is -2.22. The topological polar surface area (TPSA) is 46.5 Å². The van der Waals surface area contributed by atoms with Gasteiger partial charge in [0.05, 0.1) is 6.61 Å². The molecule has 0 bridgehead atoms. The standard InChI is InChI=1S/C18H24O3S/c1-2-21-17(19)16(18(20)22)12-13-8-10-15(11-9-13)14-6-4-3-5-7-14/h8-11,14,16H,2-7,12H2,1H3,(H,20,22). The average molecular weight is 320 g/mol. The Kier molecular flexibility index (Phi) is 6.37. The third-order valence-electron chi connectivity index (χ3n) is 4.37. The Hall–Kier alpha value is -1.42. The summed E-state index contributed by atoms with van der Waals surface area (Å²) < 4.78 is 4.97. The molecule has 1 aromatic rings. The van der Waals surface area contributed by atoms with Crippen molar-refractivity contribution in [1.29, 1.82) is 0 Å². The smallest absolute Gasteiger partial charge is 0.317 e. The van der Waals surface area contributed by atoms with E-state index in [0.29, 0.717) is 18.9 Å². The van der Waals surface area contributed by atoms with Crippen LogP contribution in [0.25, 0.3) is 0 Å². The van der Waals surface area contributed by atoms with Gasteiger partial charge in [0.1, 0.15) is 5.92 Å². The largest absolute Gasteiger partial charge is 0.501 e. The lowest BCUT2D eigenvalue weighted by atomic mass is 9.83. The lowest BCUT2D eigenvalue weighted by molar-refractivity contribution is -0.145. The number of hydrogen-bond acceptors (Lipinski definition) is 3. The number of benzene rings is 1. The van der Waals surface area contributed by atoms with E-state index >= 15 is 0 Å². The summed E-state index contributed by atoms with van der Waals surface area (Å²) in [4.78, 5) is 11.8. The van der Waals surface area contributed by atoms with Gasteiger partial charge in [-0.1, -0.05) is 43.5 Å². The maximum absolute atomic E-state index is 11.8. The van der Waals surface area contributed by atoms with E-state index in [1.807, 2.05) is 12.1 Å². The zero-order chi connectivity index (χ0) is 15.9. The molecule has 1 aliphatic rings. The highest BCUT2D eigenvalue weighted by Crippen LogP contribution is 2.32.